The van der Waals surface area contributed by atoms with Gasteiger partial charge in [0.25, 0.3) is 0 Å². The van der Waals surface area contributed by atoms with Crippen molar-refractivity contribution < 1.29 is 28.2 Å². The molecule has 0 aliphatic carbocycles. The van der Waals surface area contributed by atoms with Gasteiger partial charge in [0.2, 0.25) is 5.88 Å². The summed E-state index contributed by atoms with van der Waals surface area (Å²) >= 11 is 0. The lowest BCUT2D eigenvalue weighted by Crippen LogP contribution is -2.31. The van der Waals surface area contributed by atoms with Crippen molar-refractivity contribution in [1.82, 2.24) is 34.3 Å². The van der Waals surface area contributed by atoms with E-state index in [2.05, 4.69) is 25.0 Å². The number of carboxylic acid groups (broad SMARTS) is 1. The van der Waals surface area contributed by atoms with Crippen molar-refractivity contribution in [3.8, 4) is 17.1 Å². The number of aromatic carboxylic acids is 1. The molecule has 1 saturated heterocycles. The number of hydrogen-bond acceptors (Lipinski definition) is 8. The van der Waals surface area contributed by atoms with Gasteiger partial charge in [0.1, 0.15) is 24.1 Å². The van der Waals surface area contributed by atoms with Gasteiger partial charge in [-0.05, 0) is 60.5 Å². The van der Waals surface area contributed by atoms with Crippen molar-refractivity contribution in [2.75, 3.05) is 6.61 Å². The van der Waals surface area contributed by atoms with Crippen LogP contribution in [0.5, 0.6) is 5.88 Å². The lowest BCUT2D eigenvalue weighted by Gasteiger charge is -2.27. The summed E-state index contributed by atoms with van der Waals surface area (Å²) in [5.41, 5.74) is 3.73. The Morgan fingerprint density at radius 3 is 2.67 bits per heavy atom. The van der Waals surface area contributed by atoms with E-state index < -0.39 is 17.6 Å². The molecule has 48 heavy (non-hydrogen) atoms. The predicted molar refractivity (Wildman–Crippen MR) is 172 cm³/mol. The first-order valence-electron chi connectivity index (χ1n) is 15.2. The summed E-state index contributed by atoms with van der Waals surface area (Å²) in [6.45, 7) is 1.14. The van der Waals surface area contributed by atoms with Gasteiger partial charge in [0, 0.05) is 43.5 Å². The van der Waals surface area contributed by atoms with Crippen molar-refractivity contribution in [2.24, 2.45) is 7.05 Å². The Balaban J connectivity index is 1.07. The topological polar surface area (TPSA) is 130 Å². The third-order valence-corrected chi connectivity index (χ3v) is 8.00. The maximum absolute atomic E-state index is 15.6. The van der Waals surface area contributed by atoms with Crippen LogP contribution in [0.15, 0.2) is 73.3 Å². The standard InChI is InChI=1S/C35H29F2N7O4/c1-43-18-21(15-40-43)5-7-24-16-39-25(17-38-24)20-48-34-4-2-3-30(42-34)27-14-28(36)23(11-29(27)37)13-33-41-31-8-6-22(35(45)46)12-32(31)44(33)19-26-9-10-47-26/h2-8,11-12,14-18,26H,9-10,13,19-20H2,1H3,(H,45,46)/t26-/m0/s1. The zero-order chi connectivity index (χ0) is 33.2. The third-order valence-electron chi connectivity index (χ3n) is 8.00. The molecule has 11 nitrogen and oxygen atoms in total. The molecule has 1 N–H and O–H groups in total. The minimum absolute atomic E-state index is 0.0114. The molecule has 242 valence electrons. The fourth-order valence-corrected chi connectivity index (χ4v) is 5.39. The van der Waals surface area contributed by atoms with E-state index in [1.165, 1.54) is 12.1 Å². The molecule has 5 heterocycles. The smallest absolute Gasteiger partial charge is 0.335 e. The molecular weight excluding hydrogens is 620 g/mol. The van der Waals surface area contributed by atoms with E-state index in [9.17, 15) is 9.90 Å². The molecule has 2 aromatic carbocycles. The van der Waals surface area contributed by atoms with Gasteiger partial charge in [-0.15, -0.1) is 0 Å². The molecule has 0 amide bonds. The molecule has 4 aromatic heterocycles. The molecule has 0 unspecified atom stereocenters. The monoisotopic (exact) mass is 649 g/mol. The van der Waals surface area contributed by atoms with Crippen LogP contribution in [0.25, 0.3) is 34.4 Å². The number of fused-ring (bicyclic) bond motifs is 1. The number of pyridine rings is 1. The van der Waals surface area contributed by atoms with E-state index >= 15 is 8.78 Å². The number of halogens is 2. The molecule has 1 aliphatic heterocycles. The first kappa shape index (κ1) is 30.8. The first-order chi connectivity index (χ1) is 23.3. The Labute approximate surface area is 273 Å². The number of hydrogen-bond donors (Lipinski definition) is 1. The first-order valence-corrected chi connectivity index (χ1v) is 15.2. The van der Waals surface area contributed by atoms with Gasteiger partial charge in [-0.3, -0.25) is 14.6 Å². The Bertz CT molecular complexity index is 2160. The normalized spacial score (nSPS) is 14.4. The summed E-state index contributed by atoms with van der Waals surface area (Å²) in [5.74, 6) is -1.66. The fraction of sp³-hybridized carbons (Fsp3) is 0.200. The summed E-state index contributed by atoms with van der Waals surface area (Å²) in [5, 5.41) is 13.6. The van der Waals surface area contributed by atoms with Gasteiger partial charge in [-0.1, -0.05) is 6.07 Å². The number of ether oxygens (including phenoxy) is 2. The van der Waals surface area contributed by atoms with Gasteiger partial charge in [0.15, 0.2) is 0 Å². The van der Waals surface area contributed by atoms with E-state index in [0.717, 1.165) is 24.1 Å². The highest BCUT2D eigenvalue weighted by Crippen LogP contribution is 2.29. The maximum atomic E-state index is 15.6. The molecule has 1 fully saturated rings. The van der Waals surface area contributed by atoms with Crippen LogP contribution in [0.2, 0.25) is 0 Å². The van der Waals surface area contributed by atoms with Crippen molar-refractivity contribution in [3.63, 3.8) is 0 Å². The predicted octanol–water partition coefficient (Wildman–Crippen LogP) is 5.73. The van der Waals surface area contributed by atoms with Gasteiger partial charge >= 0.3 is 5.97 Å². The maximum Gasteiger partial charge on any atom is 0.335 e. The summed E-state index contributed by atoms with van der Waals surface area (Å²) in [6, 6.07) is 11.7. The van der Waals surface area contributed by atoms with Gasteiger partial charge in [-0.25, -0.2) is 23.5 Å². The fourth-order valence-electron chi connectivity index (χ4n) is 5.39. The van der Waals surface area contributed by atoms with Crippen LogP contribution in [0.3, 0.4) is 0 Å². The number of rotatable bonds is 11. The second-order valence-electron chi connectivity index (χ2n) is 11.4. The second-order valence-corrected chi connectivity index (χ2v) is 11.4. The number of benzene rings is 2. The van der Waals surface area contributed by atoms with Crippen LogP contribution < -0.4 is 4.74 Å². The summed E-state index contributed by atoms with van der Waals surface area (Å²) in [6.07, 6.45) is 11.3. The molecule has 13 heteroatoms. The van der Waals surface area contributed by atoms with Crippen LogP contribution >= 0.6 is 0 Å². The average Bonchev–Trinajstić information content (AvgIpc) is 3.64. The quantitative estimate of drug-likeness (QED) is 0.187. The lowest BCUT2D eigenvalue weighted by molar-refractivity contribution is -0.0589. The van der Waals surface area contributed by atoms with Crippen LogP contribution in [0.4, 0.5) is 8.78 Å². The van der Waals surface area contributed by atoms with E-state index in [1.807, 2.05) is 30.0 Å². The number of carboxylic acids is 1. The van der Waals surface area contributed by atoms with Crippen LogP contribution in [-0.2, 0) is 31.4 Å². The van der Waals surface area contributed by atoms with E-state index in [4.69, 9.17) is 9.47 Å². The van der Waals surface area contributed by atoms with Crippen LogP contribution in [0, 0.1) is 11.6 Å². The van der Waals surface area contributed by atoms with Crippen molar-refractivity contribution in [3.05, 3.63) is 119 Å². The Kier molecular flexibility index (Phi) is 8.42. The highest BCUT2D eigenvalue weighted by molar-refractivity contribution is 5.92. The second kappa shape index (κ2) is 13.1. The molecule has 1 atom stereocenters. The van der Waals surface area contributed by atoms with E-state index in [-0.39, 0.29) is 47.4 Å². The van der Waals surface area contributed by atoms with Gasteiger partial charge < -0.3 is 19.1 Å². The average molecular weight is 650 g/mol. The number of imidazole rings is 1. The van der Waals surface area contributed by atoms with E-state index in [1.54, 1.807) is 47.5 Å². The highest BCUT2D eigenvalue weighted by atomic mass is 19.1. The summed E-state index contributed by atoms with van der Waals surface area (Å²) < 4.78 is 46.0. The lowest BCUT2D eigenvalue weighted by atomic mass is 10.0. The zero-order valence-corrected chi connectivity index (χ0v) is 25.8. The van der Waals surface area contributed by atoms with Gasteiger partial charge in [0.05, 0.1) is 64.9 Å². The van der Waals surface area contributed by atoms with Crippen LogP contribution in [-0.4, -0.2) is 58.1 Å². The van der Waals surface area contributed by atoms with E-state index in [0.29, 0.717) is 41.4 Å². The largest absolute Gasteiger partial charge is 0.478 e. The third kappa shape index (κ3) is 6.67. The number of aromatic nitrogens is 7. The Hall–Kier alpha value is -5.82. The highest BCUT2D eigenvalue weighted by Gasteiger charge is 2.24. The van der Waals surface area contributed by atoms with Crippen LogP contribution in [0.1, 0.15) is 45.1 Å². The molecule has 0 bridgehead atoms. The Morgan fingerprint density at radius 2 is 1.94 bits per heavy atom. The molecular formula is C35H29F2N7O4. The van der Waals surface area contributed by atoms with Crippen molar-refractivity contribution in [2.45, 2.75) is 32.1 Å². The minimum atomic E-state index is -1.06. The number of nitrogens with zero attached hydrogens (tertiary/aromatic N) is 7. The summed E-state index contributed by atoms with van der Waals surface area (Å²) in [4.78, 5) is 29.4. The molecule has 0 radical (unpaired) electrons. The Morgan fingerprint density at radius 1 is 1.06 bits per heavy atom. The SMILES string of the molecule is Cn1cc(C=Cc2cnc(COc3cccc(-c4cc(F)c(Cc5nc6ccc(C(=O)O)cc6n5C[C@@H]5CCO5)cc4F)n3)cn2)cn1. The van der Waals surface area contributed by atoms with Crippen molar-refractivity contribution in [1.29, 1.82) is 0 Å². The zero-order valence-electron chi connectivity index (χ0n) is 25.8. The van der Waals surface area contributed by atoms with Crippen molar-refractivity contribution >= 4 is 29.2 Å². The summed E-state index contributed by atoms with van der Waals surface area (Å²) in [7, 11) is 1.84. The molecule has 6 aromatic rings. The number of aryl methyl sites for hydroxylation is 1. The molecule has 0 saturated carbocycles. The molecule has 7 rings (SSSR count). The molecule has 0 spiro atoms. The van der Waals surface area contributed by atoms with Gasteiger partial charge in [-0.2, -0.15) is 5.10 Å². The molecule has 1 aliphatic rings. The number of carbonyl (C=O) groups is 1. The minimum Gasteiger partial charge on any atom is -0.478 e.